The second-order valence-corrected chi connectivity index (χ2v) is 8.82. The Bertz CT molecular complexity index is 604. The highest BCUT2D eigenvalue weighted by Crippen LogP contribution is 2.25. The minimum absolute atomic E-state index is 0.105. The van der Waals surface area contributed by atoms with Crippen LogP contribution in [0.5, 0.6) is 0 Å². The summed E-state index contributed by atoms with van der Waals surface area (Å²) in [6, 6.07) is 1.46. The van der Waals surface area contributed by atoms with Crippen LogP contribution >= 0.6 is 0 Å². The Kier molecular flexibility index (Phi) is 5.99. The fourth-order valence-electron chi connectivity index (χ4n) is 3.82. The van der Waals surface area contributed by atoms with Gasteiger partial charge in [-0.1, -0.05) is 25.9 Å². The quantitative estimate of drug-likeness (QED) is 0.830. The number of nitrogens with one attached hydrogen (secondary N) is 1. The van der Waals surface area contributed by atoms with Crippen molar-refractivity contribution in [2.24, 2.45) is 11.3 Å². The number of rotatable bonds is 5. The fraction of sp³-hybridized carbons (Fsp3) is 0.789. The molecule has 3 rings (SSSR count). The van der Waals surface area contributed by atoms with Crippen LogP contribution in [0.1, 0.15) is 45.7 Å². The van der Waals surface area contributed by atoms with Crippen molar-refractivity contribution < 1.29 is 19.2 Å². The van der Waals surface area contributed by atoms with Crippen molar-refractivity contribution in [1.29, 1.82) is 0 Å². The van der Waals surface area contributed by atoms with E-state index in [1.807, 2.05) is 0 Å². The maximum Gasteiger partial charge on any atom is 0.244 e. The van der Waals surface area contributed by atoms with Gasteiger partial charge >= 0.3 is 0 Å². The highest BCUT2D eigenvalue weighted by Gasteiger charge is 2.37. The highest BCUT2D eigenvalue weighted by molar-refractivity contribution is 5.94. The highest BCUT2D eigenvalue weighted by atomic mass is 16.5. The summed E-state index contributed by atoms with van der Waals surface area (Å²) in [5.41, 5.74) is 0.937. The number of ether oxygens (including phenoxy) is 1. The van der Waals surface area contributed by atoms with E-state index in [-0.39, 0.29) is 17.4 Å². The number of carbonyl (C=O) groups is 1. The van der Waals surface area contributed by atoms with Crippen molar-refractivity contribution in [2.45, 2.75) is 58.6 Å². The van der Waals surface area contributed by atoms with E-state index >= 15 is 0 Å². The number of aliphatic hydroxyl groups excluding tert-OH is 1. The van der Waals surface area contributed by atoms with E-state index < -0.39 is 6.10 Å². The first-order chi connectivity index (χ1) is 12.3. The van der Waals surface area contributed by atoms with Crippen molar-refractivity contribution in [3.8, 4) is 0 Å². The Morgan fingerprint density at radius 2 is 2.12 bits per heavy atom. The molecule has 0 unspecified atom stereocenters. The zero-order valence-corrected chi connectivity index (χ0v) is 16.0. The molecule has 2 atom stereocenters. The Morgan fingerprint density at radius 1 is 1.38 bits per heavy atom. The number of amides is 1. The smallest absolute Gasteiger partial charge is 0.244 e. The molecular formula is C19H31N3O4. The Hall–Kier alpha value is -1.44. The van der Waals surface area contributed by atoms with Crippen molar-refractivity contribution in [1.82, 2.24) is 10.1 Å². The summed E-state index contributed by atoms with van der Waals surface area (Å²) in [4.78, 5) is 14.8. The van der Waals surface area contributed by atoms with Crippen LogP contribution in [0.15, 0.2) is 10.6 Å². The van der Waals surface area contributed by atoms with Gasteiger partial charge in [-0.2, -0.15) is 0 Å². The summed E-state index contributed by atoms with van der Waals surface area (Å²) in [5, 5.41) is 16.9. The second-order valence-electron chi connectivity index (χ2n) is 8.82. The lowest BCUT2D eigenvalue weighted by Gasteiger charge is -2.29. The van der Waals surface area contributed by atoms with Gasteiger partial charge in [-0.25, -0.2) is 0 Å². The van der Waals surface area contributed by atoms with E-state index in [0.717, 1.165) is 44.7 Å². The summed E-state index contributed by atoms with van der Waals surface area (Å²) in [6.45, 7) is 9.33. The van der Waals surface area contributed by atoms with Crippen LogP contribution < -0.4 is 5.32 Å². The van der Waals surface area contributed by atoms with Crippen LogP contribution in [0.25, 0.3) is 0 Å². The number of aromatic nitrogens is 1. The molecule has 1 aromatic rings. The lowest BCUT2D eigenvalue weighted by molar-refractivity contribution is -0.120. The minimum Gasteiger partial charge on any atom is -0.392 e. The van der Waals surface area contributed by atoms with Gasteiger partial charge in [0, 0.05) is 32.4 Å². The molecule has 1 amide bonds. The van der Waals surface area contributed by atoms with Crippen LogP contribution in [-0.4, -0.2) is 59.5 Å². The summed E-state index contributed by atoms with van der Waals surface area (Å²) in [5.74, 6) is 0.766. The molecule has 2 N–H and O–H groups in total. The molecule has 0 saturated carbocycles. The van der Waals surface area contributed by atoms with Crippen LogP contribution in [0.4, 0.5) is 5.88 Å². The summed E-state index contributed by atoms with van der Waals surface area (Å²) < 4.78 is 10.7. The monoisotopic (exact) mass is 365 g/mol. The van der Waals surface area contributed by atoms with E-state index in [1.165, 1.54) is 0 Å². The second kappa shape index (κ2) is 8.06. The van der Waals surface area contributed by atoms with Gasteiger partial charge in [-0.15, -0.1) is 0 Å². The third kappa shape index (κ3) is 5.28. The number of β-amino-alcohol motifs (C(OH)–C–C–N with tert-alkyl or cyclic N) is 1. The van der Waals surface area contributed by atoms with Crippen LogP contribution in [-0.2, 0) is 16.0 Å². The van der Waals surface area contributed by atoms with E-state index in [9.17, 15) is 9.90 Å². The van der Waals surface area contributed by atoms with Gasteiger partial charge in [0.05, 0.1) is 17.8 Å². The van der Waals surface area contributed by atoms with Crippen LogP contribution in [0, 0.1) is 11.3 Å². The van der Waals surface area contributed by atoms with E-state index in [2.05, 4.69) is 36.1 Å². The molecule has 0 aromatic carbocycles. The fourth-order valence-corrected chi connectivity index (χ4v) is 3.82. The Balaban J connectivity index is 1.58. The van der Waals surface area contributed by atoms with E-state index in [0.29, 0.717) is 24.8 Å². The maximum absolute atomic E-state index is 12.7. The standard InChI is InChI=1S/C19H31N3O4/c1-19(2,3)10-14-8-17(26-21-14)20-18(24)16-9-15(23)12-22(16)11-13-4-6-25-7-5-13/h8,13,15-16,23H,4-7,9-12H2,1-3H3,(H,20,24)/t15-,16+/m1/s1. The number of likely N-dealkylation sites (tertiary alicyclic amines) is 1. The van der Waals surface area contributed by atoms with Gasteiger partial charge in [-0.05, 0) is 37.0 Å². The maximum atomic E-state index is 12.7. The molecule has 7 nitrogen and oxygen atoms in total. The van der Waals surface area contributed by atoms with Crippen molar-refractivity contribution in [2.75, 3.05) is 31.6 Å². The number of carbonyl (C=O) groups excluding carboxylic acids is 1. The van der Waals surface area contributed by atoms with E-state index in [1.54, 1.807) is 6.07 Å². The van der Waals surface area contributed by atoms with Crippen molar-refractivity contribution in [3.05, 3.63) is 11.8 Å². The van der Waals surface area contributed by atoms with Gasteiger partial charge in [0.25, 0.3) is 0 Å². The number of nitrogens with zero attached hydrogens (tertiary/aromatic N) is 2. The summed E-state index contributed by atoms with van der Waals surface area (Å²) in [6.07, 6.45) is 2.80. The van der Waals surface area contributed by atoms with Gasteiger partial charge in [0.15, 0.2) is 0 Å². The first-order valence-electron chi connectivity index (χ1n) is 9.56. The lowest BCUT2D eigenvalue weighted by Crippen LogP contribution is -2.42. The predicted octanol–water partition coefficient (Wildman–Crippen LogP) is 2.06. The molecule has 0 radical (unpaired) electrons. The Labute approximate surface area is 155 Å². The molecule has 26 heavy (non-hydrogen) atoms. The summed E-state index contributed by atoms with van der Waals surface area (Å²) >= 11 is 0. The summed E-state index contributed by atoms with van der Waals surface area (Å²) in [7, 11) is 0. The molecule has 146 valence electrons. The normalized spacial score (nSPS) is 25.5. The average Bonchev–Trinajstić information content (AvgIpc) is 3.13. The molecular weight excluding hydrogens is 334 g/mol. The van der Waals surface area contributed by atoms with E-state index in [4.69, 9.17) is 9.26 Å². The Morgan fingerprint density at radius 3 is 2.81 bits per heavy atom. The molecule has 1 aromatic heterocycles. The van der Waals surface area contributed by atoms with Crippen molar-refractivity contribution >= 4 is 11.8 Å². The molecule has 2 saturated heterocycles. The van der Waals surface area contributed by atoms with Crippen LogP contribution in [0.2, 0.25) is 0 Å². The zero-order valence-electron chi connectivity index (χ0n) is 16.0. The average molecular weight is 365 g/mol. The van der Waals surface area contributed by atoms with Gasteiger partial charge < -0.3 is 14.4 Å². The molecule has 3 heterocycles. The zero-order chi connectivity index (χ0) is 18.7. The number of anilines is 1. The number of hydrogen-bond acceptors (Lipinski definition) is 6. The molecule has 2 aliphatic rings. The molecule has 0 bridgehead atoms. The molecule has 0 spiro atoms. The largest absolute Gasteiger partial charge is 0.392 e. The topological polar surface area (TPSA) is 87.8 Å². The number of hydrogen-bond donors (Lipinski definition) is 2. The van der Waals surface area contributed by atoms with Gasteiger partial charge in [0.1, 0.15) is 0 Å². The lowest BCUT2D eigenvalue weighted by atomic mass is 9.91. The van der Waals surface area contributed by atoms with Crippen LogP contribution in [0.3, 0.4) is 0 Å². The van der Waals surface area contributed by atoms with Gasteiger partial charge in [0.2, 0.25) is 11.8 Å². The first-order valence-corrected chi connectivity index (χ1v) is 9.56. The molecule has 2 fully saturated rings. The van der Waals surface area contributed by atoms with Gasteiger partial charge in [-0.3, -0.25) is 15.0 Å². The van der Waals surface area contributed by atoms with Crippen molar-refractivity contribution in [3.63, 3.8) is 0 Å². The third-order valence-electron chi connectivity index (χ3n) is 5.03. The molecule has 0 aliphatic carbocycles. The SMILES string of the molecule is CC(C)(C)Cc1cc(NC(=O)[C@@H]2C[C@@H](O)CN2CC2CCOCC2)on1. The number of aliphatic hydroxyl groups is 1. The predicted molar refractivity (Wildman–Crippen MR) is 97.8 cm³/mol. The third-order valence-corrected chi connectivity index (χ3v) is 5.03. The minimum atomic E-state index is -0.461. The molecule has 7 heteroatoms. The first kappa shape index (κ1) is 19.3. The molecule has 2 aliphatic heterocycles.